The third kappa shape index (κ3) is 3.69. The number of amides is 1. The number of nitrogens with zero attached hydrogens (tertiary/aromatic N) is 2. The van der Waals surface area contributed by atoms with Gasteiger partial charge in [0.2, 0.25) is 0 Å². The summed E-state index contributed by atoms with van der Waals surface area (Å²) in [6.07, 6.45) is 6.05. The van der Waals surface area contributed by atoms with Gasteiger partial charge in [0.15, 0.2) is 6.61 Å². The number of benzene rings is 2. The lowest BCUT2D eigenvalue weighted by molar-refractivity contribution is -0.119. The number of hydrogen-bond donors (Lipinski definition) is 2. The number of anilines is 1. The van der Waals surface area contributed by atoms with Crippen molar-refractivity contribution in [1.29, 1.82) is 0 Å². The van der Waals surface area contributed by atoms with E-state index in [0.717, 1.165) is 36.5 Å². The molecule has 0 unspecified atom stereocenters. The number of rotatable bonds is 5. The number of ether oxygens (including phenoxy) is 1. The van der Waals surface area contributed by atoms with Crippen LogP contribution in [0.25, 0.3) is 10.8 Å². The second-order valence-electron chi connectivity index (χ2n) is 6.94. The summed E-state index contributed by atoms with van der Waals surface area (Å²) in [5.74, 6) is -0.777. The number of aromatic nitrogens is 2. The maximum absolute atomic E-state index is 12.3. The van der Waals surface area contributed by atoms with Gasteiger partial charge in [0.1, 0.15) is 17.1 Å². The predicted octanol–water partition coefficient (Wildman–Crippen LogP) is 3.65. The Balaban J connectivity index is 1.39. The van der Waals surface area contributed by atoms with E-state index in [2.05, 4.69) is 10.4 Å². The molecule has 144 valence electrons. The van der Waals surface area contributed by atoms with Crippen LogP contribution in [0.15, 0.2) is 48.7 Å². The van der Waals surface area contributed by atoms with E-state index in [9.17, 15) is 14.7 Å². The number of carbonyl (C=O) groups excluding carboxylic acids is 2. The molecule has 0 radical (unpaired) electrons. The molecule has 3 aromatic rings. The first-order chi connectivity index (χ1) is 13.6. The Morgan fingerprint density at radius 1 is 1.14 bits per heavy atom. The molecule has 7 nitrogen and oxygen atoms in total. The topological polar surface area (TPSA) is 93.5 Å². The first-order valence-electron chi connectivity index (χ1n) is 9.34. The molecule has 7 heteroatoms. The standard InChI is InChI=1S/C21H21N3O4/c25-18-12-15-6-2-1-5-14(15)11-17(18)21(27)28-13-20(26)23-19-9-10-22-24(19)16-7-3-4-8-16/h1-2,5-6,9-12,16,25H,3-4,7-8,13H2,(H,23,26). The fraction of sp³-hybridized carbons (Fsp3) is 0.286. The molecular weight excluding hydrogens is 358 g/mol. The van der Waals surface area contributed by atoms with Crippen molar-refractivity contribution in [2.75, 3.05) is 11.9 Å². The highest BCUT2D eigenvalue weighted by molar-refractivity contribution is 6.00. The van der Waals surface area contributed by atoms with Gasteiger partial charge in [0, 0.05) is 6.07 Å². The third-order valence-electron chi connectivity index (χ3n) is 5.03. The van der Waals surface area contributed by atoms with Crippen LogP contribution >= 0.6 is 0 Å². The number of hydrogen-bond acceptors (Lipinski definition) is 5. The molecule has 0 bridgehead atoms. The van der Waals surface area contributed by atoms with E-state index < -0.39 is 18.5 Å². The van der Waals surface area contributed by atoms with Crippen LogP contribution in [0, 0.1) is 0 Å². The molecular formula is C21H21N3O4. The van der Waals surface area contributed by atoms with Gasteiger partial charge in [-0.2, -0.15) is 5.10 Å². The highest BCUT2D eigenvalue weighted by Gasteiger charge is 2.21. The lowest BCUT2D eigenvalue weighted by atomic mass is 10.1. The van der Waals surface area contributed by atoms with E-state index in [1.165, 1.54) is 6.07 Å². The molecule has 4 rings (SSSR count). The SMILES string of the molecule is O=C(COC(=O)c1cc2ccccc2cc1O)Nc1ccnn1C1CCCC1. The van der Waals surface area contributed by atoms with Crippen LogP contribution in [0.4, 0.5) is 5.82 Å². The summed E-state index contributed by atoms with van der Waals surface area (Å²) in [5, 5.41) is 18.7. The van der Waals surface area contributed by atoms with Gasteiger partial charge in [-0.1, -0.05) is 37.1 Å². The Bertz CT molecular complexity index is 1020. The van der Waals surface area contributed by atoms with Crippen molar-refractivity contribution in [1.82, 2.24) is 9.78 Å². The van der Waals surface area contributed by atoms with E-state index >= 15 is 0 Å². The smallest absolute Gasteiger partial charge is 0.342 e. The Hall–Kier alpha value is -3.35. The molecule has 0 spiro atoms. The summed E-state index contributed by atoms with van der Waals surface area (Å²) >= 11 is 0. The Labute approximate surface area is 161 Å². The van der Waals surface area contributed by atoms with Crippen LogP contribution in [0.2, 0.25) is 0 Å². The Kier molecular flexibility index (Phi) is 4.97. The minimum atomic E-state index is -0.747. The first-order valence-corrected chi connectivity index (χ1v) is 9.34. The van der Waals surface area contributed by atoms with Crippen LogP contribution in [-0.2, 0) is 9.53 Å². The summed E-state index contributed by atoms with van der Waals surface area (Å²) in [4.78, 5) is 24.5. The van der Waals surface area contributed by atoms with Crippen molar-refractivity contribution in [3.8, 4) is 5.75 Å². The van der Waals surface area contributed by atoms with Gasteiger partial charge in [-0.15, -0.1) is 0 Å². The van der Waals surface area contributed by atoms with Gasteiger partial charge < -0.3 is 15.2 Å². The van der Waals surface area contributed by atoms with E-state index in [1.54, 1.807) is 18.3 Å². The van der Waals surface area contributed by atoms with Gasteiger partial charge in [-0.25, -0.2) is 9.48 Å². The minimum Gasteiger partial charge on any atom is -0.507 e. The molecule has 1 saturated carbocycles. The number of fused-ring (bicyclic) bond motifs is 1. The molecule has 1 fully saturated rings. The van der Waals surface area contributed by atoms with Crippen LogP contribution < -0.4 is 5.32 Å². The van der Waals surface area contributed by atoms with Crippen molar-refractivity contribution in [2.24, 2.45) is 0 Å². The quantitative estimate of drug-likeness (QED) is 0.660. The molecule has 1 aromatic heterocycles. The van der Waals surface area contributed by atoms with Crippen LogP contribution in [-0.4, -0.2) is 33.4 Å². The summed E-state index contributed by atoms with van der Waals surface area (Å²) in [6.45, 7) is -0.444. The van der Waals surface area contributed by atoms with Crippen molar-refractivity contribution < 1.29 is 19.4 Å². The van der Waals surface area contributed by atoms with Crippen LogP contribution in [0.5, 0.6) is 5.75 Å². The molecule has 2 aromatic carbocycles. The van der Waals surface area contributed by atoms with Crippen molar-refractivity contribution in [3.63, 3.8) is 0 Å². The number of nitrogens with one attached hydrogen (secondary N) is 1. The third-order valence-corrected chi connectivity index (χ3v) is 5.03. The van der Waals surface area contributed by atoms with Crippen LogP contribution in [0.3, 0.4) is 0 Å². The number of phenolic OH excluding ortho intramolecular Hbond substituents is 1. The Morgan fingerprint density at radius 2 is 1.86 bits per heavy atom. The molecule has 0 aliphatic heterocycles. The molecule has 1 heterocycles. The zero-order valence-electron chi connectivity index (χ0n) is 15.3. The van der Waals surface area contributed by atoms with Crippen molar-refractivity contribution in [2.45, 2.75) is 31.7 Å². The molecule has 1 aliphatic carbocycles. The number of esters is 1. The van der Waals surface area contributed by atoms with E-state index in [0.29, 0.717) is 11.9 Å². The lowest BCUT2D eigenvalue weighted by Crippen LogP contribution is -2.23. The molecule has 2 N–H and O–H groups in total. The fourth-order valence-electron chi connectivity index (χ4n) is 3.63. The monoisotopic (exact) mass is 379 g/mol. The Morgan fingerprint density at radius 3 is 2.61 bits per heavy atom. The highest BCUT2D eigenvalue weighted by Crippen LogP contribution is 2.31. The highest BCUT2D eigenvalue weighted by atomic mass is 16.5. The van der Waals surface area contributed by atoms with Gasteiger partial charge in [-0.3, -0.25) is 4.79 Å². The zero-order chi connectivity index (χ0) is 19.5. The normalized spacial score (nSPS) is 14.3. The number of aromatic hydroxyl groups is 1. The predicted molar refractivity (Wildman–Crippen MR) is 104 cm³/mol. The molecule has 28 heavy (non-hydrogen) atoms. The van der Waals surface area contributed by atoms with Crippen LogP contribution in [0.1, 0.15) is 42.1 Å². The van der Waals surface area contributed by atoms with Gasteiger partial charge in [0.05, 0.1) is 12.2 Å². The lowest BCUT2D eigenvalue weighted by Gasteiger charge is -2.14. The summed E-state index contributed by atoms with van der Waals surface area (Å²) < 4.78 is 6.91. The molecule has 0 atom stereocenters. The zero-order valence-corrected chi connectivity index (χ0v) is 15.3. The van der Waals surface area contributed by atoms with Crippen molar-refractivity contribution in [3.05, 3.63) is 54.2 Å². The van der Waals surface area contributed by atoms with E-state index in [1.807, 2.05) is 28.9 Å². The number of phenols is 1. The second kappa shape index (κ2) is 7.72. The molecule has 0 saturated heterocycles. The number of carbonyl (C=O) groups is 2. The molecule has 1 amide bonds. The van der Waals surface area contributed by atoms with Crippen molar-refractivity contribution >= 4 is 28.5 Å². The summed E-state index contributed by atoms with van der Waals surface area (Å²) in [6, 6.07) is 12.4. The van der Waals surface area contributed by atoms with Gasteiger partial charge >= 0.3 is 5.97 Å². The van der Waals surface area contributed by atoms with E-state index in [4.69, 9.17) is 4.74 Å². The largest absolute Gasteiger partial charge is 0.507 e. The molecule has 1 aliphatic rings. The fourth-order valence-corrected chi connectivity index (χ4v) is 3.63. The minimum absolute atomic E-state index is 0.0301. The summed E-state index contributed by atoms with van der Waals surface area (Å²) in [5.41, 5.74) is 0.0301. The summed E-state index contributed by atoms with van der Waals surface area (Å²) in [7, 11) is 0. The van der Waals surface area contributed by atoms with E-state index in [-0.39, 0.29) is 11.3 Å². The van der Waals surface area contributed by atoms with Gasteiger partial charge in [-0.05, 0) is 35.7 Å². The maximum atomic E-state index is 12.3. The average Bonchev–Trinajstić information content (AvgIpc) is 3.37. The van der Waals surface area contributed by atoms with Gasteiger partial charge in [0.25, 0.3) is 5.91 Å². The average molecular weight is 379 g/mol. The maximum Gasteiger partial charge on any atom is 0.342 e. The first kappa shape index (κ1) is 18.0. The second-order valence-corrected chi connectivity index (χ2v) is 6.94.